The van der Waals surface area contributed by atoms with Crippen LogP contribution in [0, 0.1) is 11.6 Å². The lowest BCUT2D eigenvalue weighted by molar-refractivity contribution is 0.570. The molecule has 0 heterocycles. The van der Waals surface area contributed by atoms with Crippen molar-refractivity contribution in [1.82, 2.24) is 0 Å². The van der Waals surface area contributed by atoms with Gasteiger partial charge < -0.3 is 5.73 Å². The zero-order chi connectivity index (χ0) is 15.6. The molecule has 2 aromatic carbocycles. The fraction of sp³-hybridized carbons (Fsp3) is 0. The van der Waals surface area contributed by atoms with E-state index in [1.807, 2.05) is 0 Å². The van der Waals surface area contributed by atoms with E-state index in [1.54, 1.807) is 0 Å². The summed E-state index contributed by atoms with van der Waals surface area (Å²) in [4.78, 5) is -0.717. The van der Waals surface area contributed by atoms with E-state index in [1.165, 1.54) is 18.2 Å². The standard InChI is InChI=1S/C13H10F2N2O2S2/c14-10-6-5-8(7-9(10)13(16)20)17-21(18,19)12-4-2-1-3-11(12)15/h1-7,17H,(H2,16,20). The Hall–Kier alpha value is -2.06. The lowest BCUT2D eigenvalue weighted by Crippen LogP contribution is -2.16. The highest BCUT2D eigenvalue weighted by atomic mass is 32.2. The van der Waals surface area contributed by atoms with Crippen LogP contribution < -0.4 is 10.5 Å². The van der Waals surface area contributed by atoms with E-state index in [-0.39, 0.29) is 16.2 Å². The second-order valence-corrected chi connectivity index (χ2v) is 6.19. The van der Waals surface area contributed by atoms with Crippen LogP contribution in [0.4, 0.5) is 14.5 Å². The second-order valence-electron chi connectivity index (χ2n) is 4.09. The van der Waals surface area contributed by atoms with Crippen molar-refractivity contribution in [3.05, 3.63) is 59.7 Å². The quantitative estimate of drug-likeness (QED) is 0.846. The van der Waals surface area contributed by atoms with Crippen molar-refractivity contribution in [2.24, 2.45) is 5.73 Å². The van der Waals surface area contributed by atoms with Gasteiger partial charge in [-0.25, -0.2) is 17.2 Å². The minimum absolute atomic E-state index is 0.0300. The second kappa shape index (κ2) is 5.74. The molecule has 0 aliphatic carbocycles. The molecule has 0 saturated heterocycles. The Kier molecular flexibility index (Phi) is 4.19. The summed E-state index contributed by atoms with van der Waals surface area (Å²) >= 11 is 4.67. The molecule has 0 atom stereocenters. The van der Waals surface area contributed by atoms with Gasteiger partial charge in [-0.1, -0.05) is 24.4 Å². The summed E-state index contributed by atoms with van der Waals surface area (Å²) in [5.41, 5.74) is 5.27. The fourth-order valence-electron chi connectivity index (χ4n) is 1.65. The molecule has 3 N–H and O–H groups in total. The van der Waals surface area contributed by atoms with Crippen molar-refractivity contribution in [1.29, 1.82) is 0 Å². The molecular formula is C13H10F2N2O2S2. The van der Waals surface area contributed by atoms with Crippen molar-refractivity contribution >= 4 is 32.9 Å². The number of nitrogens with two attached hydrogens (primary N) is 1. The Morgan fingerprint density at radius 2 is 1.76 bits per heavy atom. The topological polar surface area (TPSA) is 72.2 Å². The van der Waals surface area contributed by atoms with E-state index >= 15 is 0 Å². The number of hydrogen-bond acceptors (Lipinski definition) is 3. The Morgan fingerprint density at radius 3 is 2.38 bits per heavy atom. The first-order valence-corrected chi connectivity index (χ1v) is 7.57. The molecule has 4 nitrogen and oxygen atoms in total. The zero-order valence-electron chi connectivity index (χ0n) is 10.5. The Bertz CT molecular complexity index is 808. The van der Waals surface area contributed by atoms with Crippen molar-refractivity contribution in [3.8, 4) is 0 Å². The zero-order valence-corrected chi connectivity index (χ0v) is 12.1. The van der Waals surface area contributed by atoms with Crippen molar-refractivity contribution in [2.45, 2.75) is 4.90 Å². The van der Waals surface area contributed by atoms with Crippen LogP contribution in [0.5, 0.6) is 0 Å². The number of anilines is 1. The predicted octanol–water partition coefficient (Wildman–Crippen LogP) is 2.40. The summed E-state index contributed by atoms with van der Waals surface area (Å²) in [6, 6.07) is 8.27. The van der Waals surface area contributed by atoms with E-state index in [0.29, 0.717) is 0 Å². The molecule has 0 aliphatic heterocycles. The lowest BCUT2D eigenvalue weighted by Gasteiger charge is -2.10. The highest BCUT2D eigenvalue weighted by molar-refractivity contribution is 7.92. The Morgan fingerprint density at radius 1 is 1.10 bits per heavy atom. The molecule has 0 aliphatic rings. The van der Waals surface area contributed by atoms with Crippen LogP contribution >= 0.6 is 12.2 Å². The highest BCUT2D eigenvalue weighted by Gasteiger charge is 2.19. The van der Waals surface area contributed by atoms with Crippen LogP contribution in [-0.4, -0.2) is 13.4 Å². The minimum atomic E-state index is -4.13. The van der Waals surface area contributed by atoms with Gasteiger partial charge in [0.2, 0.25) is 0 Å². The number of halogens is 2. The van der Waals surface area contributed by atoms with Crippen LogP contribution in [0.3, 0.4) is 0 Å². The molecule has 110 valence electrons. The third kappa shape index (κ3) is 3.34. The van der Waals surface area contributed by atoms with E-state index in [9.17, 15) is 17.2 Å². The number of sulfonamides is 1. The van der Waals surface area contributed by atoms with Gasteiger partial charge in [0.15, 0.2) is 0 Å². The van der Waals surface area contributed by atoms with Gasteiger partial charge in [-0.3, -0.25) is 4.72 Å². The molecule has 2 rings (SSSR count). The number of hydrogen-bond donors (Lipinski definition) is 2. The van der Waals surface area contributed by atoms with Gasteiger partial charge >= 0.3 is 0 Å². The SMILES string of the molecule is NC(=S)c1cc(NS(=O)(=O)c2ccccc2F)ccc1F. The van der Waals surface area contributed by atoms with Gasteiger partial charge in [0.25, 0.3) is 10.0 Å². The fourth-order valence-corrected chi connectivity index (χ4v) is 2.94. The summed E-state index contributed by atoms with van der Waals surface area (Å²) in [5, 5.41) is 0. The Labute approximate surface area is 125 Å². The molecular weight excluding hydrogens is 318 g/mol. The summed E-state index contributed by atoms with van der Waals surface area (Å²) in [5.74, 6) is -1.56. The normalized spacial score (nSPS) is 11.1. The molecule has 0 fully saturated rings. The summed E-state index contributed by atoms with van der Waals surface area (Å²) < 4.78 is 53.3. The Balaban J connectivity index is 2.40. The molecule has 8 heteroatoms. The largest absolute Gasteiger partial charge is 0.389 e. The van der Waals surface area contributed by atoms with E-state index < -0.39 is 26.6 Å². The average molecular weight is 328 g/mol. The van der Waals surface area contributed by atoms with Crippen LogP contribution in [0.2, 0.25) is 0 Å². The summed E-state index contributed by atoms with van der Waals surface area (Å²) in [7, 11) is -4.13. The van der Waals surface area contributed by atoms with E-state index in [0.717, 1.165) is 24.3 Å². The molecule has 0 bridgehead atoms. The first kappa shape index (κ1) is 15.3. The highest BCUT2D eigenvalue weighted by Crippen LogP contribution is 2.20. The van der Waals surface area contributed by atoms with Crippen LogP contribution in [0.25, 0.3) is 0 Å². The number of nitrogens with one attached hydrogen (secondary N) is 1. The smallest absolute Gasteiger partial charge is 0.264 e. The summed E-state index contributed by atoms with van der Waals surface area (Å²) in [6.45, 7) is 0. The van der Waals surface area contributed by atoms with Gasteiger partial charge in [-0.2, -0.15) is 0 Å². The molecule has 2 aromatic rings. The monoisotopic (exact) mass is 328 g/mol. The molecule has 0 unspecified atom stereocenters. The molecule has 0 saturated carbocycles. The molecule has 0 amide bonds. The third-order valence-electron chi connectivity index (χ3n) is 2.61. The van der Waals surface area contributed by atoms with E-state index in [2.05, 4.69) is 16.9 Å². The minimum Gasteiger partial charge on any atom is -0.389 e. The molecule has 0 spiro atoms. The lowest BCUT2D eigenvalue weighted by atomic mass is 10.2. The summed E-state index contributed by atoms with van der Waals surface area (Å²) in [6.07, 6.45) is 0. The van der Waals surface area contributed by atoms with Gasteiger partial charge in [0, 0.05) is 11.3 Å². The van der Waals surface area contributed by atoms with Crippen molar-refractivity contribution < 1.29 is 17.2 Å². The maximum absolute atomic E-state index is 13.5. The first-order chi connectivity index (χ1) is 9.81. The first-order valence-electron chi connectivity index (χ1n) is 5.68. The van der Waals surface area contributed by atoms with Crippen LogP contribution in [0.15, 0.2) is 47.4 Å². The third-order valence-corrected chi connectivity index (χ3v) is 4.24. The molecule has 0 radical (unpaired) electrons. The molecule has 21 heavy (non-hydrogen) atoms. The maximum atomic E-state index is 13.5. The van der Waals surface area contributed by atoms with Crippen LogP contribution in [0.1, 0.15) is 5.56 Å². The average Bonchev–Trinajstić information content (AvgIpc) is 2.40. The van der Waals surface area contributed by atoms with Gasteiger partial charge in [-0.05, 0) is 30.3 Å². The number of thiocarbonyl (C=S) groups is 1. The van der Waals surface area contributed by atoms with Crippen molar-refractivity contribution in [2.75, 3.05) is 4.72 Å². The van der Waals surface area contributed by atoms with Crippen LogP contribution in [-0.2, 0) is 10.0 Å². The van der Waals surface area contributed by atoms with Gasteiger partial charge in [0.05, 0.1) is 0 Å². The van der Waals surface area contributed by atoms with Gasteiger partial charge in [-0.15, -0.1) is 0 Å². The molecule has 0 aromatic heterocycles. The van der Waals surface area contributed by atoms with Gasteiger partial charge in [0.1, 0.15) is 21.5 Å². The number of benzene rings is 2. The maximum Gasteiger partial charge on any atom is 0.264 e. The number of rotatable bonds is 4. The van der Waals surface area contributed by atoms with Crippen molar-refractivity contribution in [3.63, 3.8) is 0 Å². The predicted molar refractivity (Wildman–Crippen MR) is 79.5 cm³/mol. The van der Waals surface area contributed by atoms with E-state index in [4.69, 9.17) is 5.73 Å².